The summed E-state index contributed by atoms with van der Waals surface area (Å²) in [4.78, 5) is 22.3. The van der Waals surface area contributed by atoms with Crippen molar-refractivity contribution in [2.75, 3.05) is 26.4 Å². The van der Waals surface area contributed by atoms with Crippen LogP contribution in [0.15, 0.2) is 0 Å². The fraction of sp³-hybridized carbons (Fsp3) is 0.800. The summed E-state index contributed by atoms with van der Waals surface area (Å²) in [5, 5.41) is 35.6. The second kappa shape index (κ2) is 5.95. The predicted molar refractivity (Wildman–Crippen MR) is 56.1 cm³/mol. The first-order valence-electron chi connectivity index (χ1n) is 4.99. The minimum absolute atomic E-state index is 0.534. The number of esters is 1. The lowest BCUT2D eigenvalue weighted by molar-refractivity contribution is -0.169. The van der Waals surface area contributed by atoms with Gasteiger partial charge in [0.25, 0.3) is 0 Å². The molecule has 0 spiro atoms. The van der Waals surface area contributed by atoms with Crippen molar-refractivity contribution in [2.45, 2.75) is 13.8 Å². The van der Waals surface area contributed by atoms with Crippen molar-refractivity contribution >= 4 is 11.9 Å². The molecule has 1 atom stereocenters. The van der Waals surface area contributed by atoms with Crippen LogP contribution in [-0.2, 0) is 14.3 Å². The Labute approximate surface area is 98.6 Å². The molecule has 0 aromatic heterocycles. The third-order valence-electron chi connectivity index (χ3n) is 2.58. The Bertz CT molecular complexity index is 284. The quantitative estimate of drug-likeness (QED) is 0.410. The predicted octanol–water partition coefficient (Wildman–Crippen LogP) is -1.40. The summed E-state index contributed by atoms with van der Waals surface area (Å²) in [7, 11) is 0. The molecule has 1 unspecified atom stereocenters. The Morgan fingerprint density at radius 1 is 1.00 bits per heavy atom. The van der Waals surface area contributed by atoms with Gasteiger partial charge in [-0.05, 0) is 13.8 Å². The van der Waals surface area contributed by atoms with Gasteiger partial charge in [-0.25, -0.2) is 0 Å². The number of aliphatic hydroxyl groups excluding tert-OH is 3. The molecule has 0 aliphatic rings. The highest BCUT2D eigenvalue weighted by Gasteiger charge is 2.38. The number of carboxylic acids is 1. The van der Waals surface area contributed by atoms with Gasteiger partial charge in [0.2, 0.25) is 0 Å². The monoisotopic (exact) mass is 250 g/mol. The van der Waals surface area contributed by atoms with Gasteiger partial charge in [0, 0.05) is 0 Å². The Hall–Kier alpha value is -1.18. The lowest BCUT2D eigenvalue weighted by Crippen LogP contribution is -2.42. The molecule has 0 amide bonds. The molecule has 100 valence electrons. The van der Waals surface area contributed by atoms with E-state index in [2.05, 4.69) is 0 Å². The van der Waals surface area contributed by atoms with E-state index in [4.69, 9.17) is 25.2 Å². The van der Waals surface area contributed by atoms with Gasteiger partial charge in [0.1, 0.15) is 17.4 Å². The summed E-state index contributed by atoms with van der Waals surface area (Å²) >= 11 is 0. The van der Waals surface area contributed by atoms with Crippen molar-refractivity contribution in [3.8, 4) is 0 Å². The Balaban J connectivity index is 4.57. The highest BCUT2D eigenvalue weighted by molar-refractivity contribution is 5.78. The van der Waals surface area contributed by atoms with Crippen molar-refractivity contribution in [1.82, 2.24) is 0 Å². The average molecular weight is 250 g/mol. The smallest absolute Gasteiger partial charge is 0.316 e. The van der Waals surface area contributed by atoms with Crippen LogP contribution < -0.4 is 0 Å². The summed E-state index contributed by atoms with van der Waals surface area (Å²) in [5.74, 6) is -2.22. The summed E-state index contributed by atoms with van der Waals surface area (Å²) in [5.41, 5.74) is -3.07. The summed E-state index contributed by atoms with van der Waals surface area (Å²) in [6.45, 7) is 0.0402. The average Bonchev–Trinajstić information content (AvgIpc) is 2.33. The van der Waals surface area contributed by atoms with Crippen LogP contribution in [0, 0.1) is 10.8 Å². The van der Waals surface area contributed by atoms with Crippen molar-refractivity contribution in [3.05, 3.63) is 0 Å². The molecule has 0 aliphatic heterocycles. The zero-order chi connectivity index (χ0) is 13.7. The van der Waals surface area contributed by atoms with Gasteiger partial charge in [-0.15, -0.1) is 0 Å². The number of ether oxygens (including phenoxy) is 1. The van der Waals surface area contributed by atoms with Crippen molar-refractivity contribution in [3.63, 3.8) is 0 Å². The van der Waals surface area contributed by atoms with E-state index in [-0.39, 0.29) is 0 Å². The van der Waals surface area contributed by atoms with Gasteiger partial charge in [-0.2, -0.15) is 0 Å². The summed E-state index contributed by atoms with van der Waals surface area (Å²) in [6.07, 6.45) is 0. The molecule has 0 saturated heterocycles. The fourth-order valence-corrected chi connectivity index (χ4v) is 0.753. The van der Waals surface area contributed by atoms with E-state index in [1.54, 1.807) is 0 Å². The molecule has 4 N–H and O–H groups in total. The number of hydrogen-bond donors (Lipinski definition) is 4. The van der Waals surface area contributed by atoms with Crippen LogP contribution in [0.4, 0.5) is 0 Å². The van der Waals surface area contributed by atoms with Crippen LogP contribution in [0.3, 0.4) is 0 Å². The first-order valence-corrected chi connectivity index (χ1v) is 4.99. The Kier molecular flexibility index (Phi) is 5.53. The molecule has 7 nitrogen and oxygen atoms in total. The van der Waals surface area contributed by atoms with E-state index in [1.807, 2.05) is 0 Å². The first-order chi connectivity index (χ1) is 7.75. The molecule has 0 saturated carbocycles. The van der Waals surface area contributed by atoms with Crippen LogP contribution in [-0.4, -0.2) is 58.8 Å². The SMILES string of the molecule is CC(CO)(COC(=O)C(C)(CO)CO)C(=O)O. The summed E-state index contributed by atoms with van der Waals surface area (Å²) < 4.78 is 4.71. The number of aliphatic hydroxyl groups is 3. The molecule has 0 radical (unpaired) electrons. The fourth-order valence-electron chi connectivity index (χ4n) is 0.753. The number of carbonyl (C=O) groups excluding carboxylic acids is 1. The maximum absolute atomic E-state index is 11.5. The van der Waals surface area contributed by atoms with Crippen molar-refractivity contribution in [2.24, 2.45) is 10.8 Å². The minimum Gasteiger partial charge on any atom is -0.481 e. The van der Waals surface area contributed by atoms with E-state index < -0.39 is 49.2 Å². The lowest BCUT2D eigenvalue weighted by atomic mass is 9.91. The highest BCUT2D eigenvalue weighted by atomic mass is 16.5. The molecular formula is C10H18O7. The maximum atomic E-state index is 11.5. The first kappa shape index (κ1) is 15.8. The second-order valence-corrected chi connectivity index (χ2v) is 4.48. The largest absolute Gasteiger partial charge is 0.481 e. The van der Waals surface area contributed by atoms with Gasteiger partial charge in [-0.1, -0.05) is 0 Å². The van der Waals surface area contributed by atoms with E-state index in [0.717, 1.165) is 0 Å². The number of hydrogen-bond acceptors (Lipinski definition) is 6. The molecule has 0 aliphatic carbocycles. The van der Waals surface area contributed by atoms with E-state index in [9.17, 15) is 9.59 Å². The highest BCUT2D eigenvalue weighted by Crippen LogP contribution is 2.21. The zero-order valence-electron chi connectivity index (χ0n) is 9.84. The molecule has 7 heteroatoms. The third kappa shape index (κ3) is 3.65. The van der Waals surface area contributed by atoms with Crippen molar-refractivity contribution < 1.29 is 34.8 Å². The number of carbonyl (C=O) groups is 2. The minimum atomic E-state index is -1.60. The maximum Gasteiger partial charge on any atom is 0.316 e. The lowest BCUT2D eigenvalue weighted by Gasteiger charge is -2.26. The molecule has 17 heavy (non-hydrogen) atoms. The van der Waals surface area contributed by atoms with E-state index in [1.165, 1.54) is 13.8 Å². The number of aliphatic carboxylic acids is 1. The van der Waals surface area contributed by atoms with Gasteiger partial charge in [-0.3, -0.25) is 9.59 Å². The summed E-state index contributed by atoms with van der Waals surface area (Å²) in [6, 6.07) is 0. The van der Waals surface area contributed by atoms with Gasteiger partial charge in [0.15, 0.2) is 0 Å². The topological polar surface area (TPSA) is 124 Å². The molecule has 0 rings (SSSR count). The van der Waals surface area contributed by atoms with Crippen LogP contribution in [0.2, 0.25) is 0 Å². The molecule has 0 aromatic rings. The standard InChI is InChI=1S/C10H18O7/c1-9(3-11,4-12)8(16)17-6-10(2,5-13)7(14)15/h11-13H,3-6H2,1-2H3,(H,14,15). The third-order valence-corrected chi connectivity index (χ3v) is 2.58. The van der Waals surface area contributed by atoms with Gasteiger partial charge in [0.05, 0.1) is 19.8 Å². The van der Waals surface area contributed by atoms with Gasteiger partial charge >= 0.3 is 11.9 Å². The van der Waals surface area contributed by atoms with Crippen LogP contribution in [0.1, 0.15) is 13.8 Å². The number of carboxylic acid groups (broad SMARTS) is 1. The molecular weight excluding hydrogens is 232 g/mol. The van der Waals surface area contributed by atoms with Crippen LogP contribution in [0.25, 0.3) is 0 Å². The van der Waals surface area contributed by atoms with E-state index in [0.29, 0.717) is 0 Å². The Morgan fingerprint density at radius 2 is 1.41 bits per heavy atom. The van der Waals surface area contributed by atoms with Crippen molar-refractivity contribution in [1.29, 1.82) is 0 Å². The molecule has 0 aromatic carbocycles. The van der Waals surface area contributed by atoms with E-state index >= 15 is 0 Å². The molecule has 0 fully saturated rings. The van der Waals surface area contributed by atoms with Crippen LogP contribution >= 0.6 is 0 Å². The molecule has 0 heterocycles. The second-order valence-electron chi connectivity index (χ2n) is 4.48. The van der Waals surface area contributed by atoms with Crippen LogP contribution in [0.5, 0.6) is 0 Å². The zero-order valence-corrected chi connectivity index (χ0v) is 9.84. The Morgan fingerprint density at radius 3 is 1.71 bits per heavy atom. The normalized spacial score (nSPS) is 15.1. The van der Waals surface area contributed by atoms with Gasteiger partial charge < -0.3 is 25.2 Å². The number of rotatable bonds is 7. The molecule has 0 bridgehead atoms.